The summed E-state index contributed by atoms with van der Waals surface area (Å²) >= 11 is 0. The second-order valence-corrected chi connectivity index (χ2v) is 11.7. The van der Waals surface area contributed by atoms with Crippen LogP contribution in [0.4, 0.5) is 0 Å². The van der Waals surface area contributed by atoms with E-state index in [0.717, 1.165) is 17.8 Å². The number of carbonyl (C=O) groups excluding carboxylic acids is 1. The number of amides is 1. The molecule has 31 heavy (non-hydrogen) atoms. The largest absolute Gasteiger partial charge is 0.468 e. The normalized spacial score (nSPS) is 30.3. The van der Waals surface area contributed by atoms with Gasteiger partial charge in [-0.05, 0) is 98.9 Å². The number of hydrogen-bond donors (Lipinski definition) is 2. The van der Waals surface area contributed by atoms with Crippen molar-refractivity contribution in [2.45, 2.75) is 62.9 Å². The lowest BCUT2D eigenvalue weighted by atomic mass is 9.48. The molecule has 2 aromatic rings. The van der Waals surface area contributed by atoms with Crippen LogP contribution in [0, 0.1) is 23.2 Å². The highest BCUT2D eigenvalue weighted by Crippen LogP contribution is 2.61. The van der Waals surface area contributed by atoms with Gasteiger partial charge < -0.3 is 9.73 Å². The maximum absolute atomic E-state index is 13.0. The monoisotopic (exact) mass is 442 g/mol. The molecule has 1 aromatic carbocycles. The van der Waals surface area contributed by atoms with Gasteiger partial charge in [-0.25, -0.2) is 13.1 Å². The standard InChI is InChI=1S/C24H30N2O4S/c1-16(24-12-17-8-18(13-24)10-19(9-17)14-24)26-23(27)20-4-2-6-22(11-20)31(28,29)25-15-21-5-3-7-30-21/h2-7,11,16-19,25H,8-10,12-15H2,1H3,(H,26,27). The van der Waals surface area contributed by atoms with Gasteiger partial charge in [-0.3, -0.25) is 4.79 Å². The van der Waals surface area contributed by atoms with Crippen molar-refractivity contribution >= 4 is 15.9 Å². The van der Waals surface area contributed by atoms with Gasteiger partial charge >= 0.3 is 0 Å². The summed E-state index contributed by atoms with van der Waals surface area (Å²) in [5.41, 5.74) is 0.580. The molecule has 4 saturated carbocycles. The van der Waals surface area contributed by atoms with Gasteiger partial charge in [-0.15, -0.1) is 0 Å². The molecule has 0 aliphatic heterocycles. The summed E-state index contributed by atoms with van der Waals surface area (Å²) in [5, 5.41) is 3.22. The first-order valence-corrected chi connectivity index (χ1v) is 12.7. The molecule has 166 valence electrons. The highest BCUT2D eigenvalue weighted by molar-refractivity contribution is 7.89. The Morgan fingerprint density at radius 2 is 1.77 bits per heavy atom. The summed E-state index contributed by atoms with van der Waals surface area (Å²) in [6.07, 6.45) is 9.24. The van der Waals surface area contributed by atoms with E-state index in [0.29, 0.717) is 11.3 Å². The van der Waals surface area contributed by atoms with E-state index in [1.165, 1.54) is 56.9 Å². The first-order valence-electron chi connectivity index (χ1n) is 11.3. The average Bonchev–Trinajstić information content (AvgIpc) is 3.25. The van der Waals surface area contributed by atoms with E-state index in [-0.39, 0.29) is 28.8 Å². The Balaban J connectivity index is 1.28. The number of benzene rings is 1. The van der Waals surface area contributed by atoms with Gasteiger partial charge in [0.15, 0.2) is 0 Å². The molecule has 0 radical (unpaired) electrons. The summed E-state index contributed by atoms with van der Waals surface area (Å²) in [5.74, 6) is 2.78. The second kappa shape index (κ2) is 7.78. The summed E-state index contributed by atoms with van der Waals surface area (Å²) in [6, 6.07) is 9.75. The minimum absolute atomic E-state index is 0.0643. The molecule has 6 rings (SSSR count). The van der Waals surface area contributed by atoms with Gasteiger partial charge in [0.2, 0.25) is 10.0 Å². The predicted molar refractivity (Wildman–Crippen MR) is 117 cm³/mol. The van der Waals surface area contributed by atoms with Crippen LogP contribution in [0.3, 0.4) is 0 Å². The van der Waals surface area contributed by atoms with Crippen LogP contribution in [0.15, 0.2) is 52.0 Å². The van der Waals surface area contributed by atoms with Gasteiger partial charge in [-0.2, -0.15) is 0 Å². The third-order valence-electron chi connectivity index (χ3n) is 7.77. The van der Waals surface area contributed by atoms with E-state index in [1.54, 1.807) is 24.3 Å². The molecule has 1 atom stereocenters. The number of furan rings is 1. The van der Waals surface area contributed by atoms with Crippen LogP contribution in [-0.4, -0.2) is 20.4 Å². The molecule has 7 heteroatoms. The molecule has 4 bridgehead atoms. The molecule has 1 unspecified atom stereocenters. The van der Waals surface area contributed by atoms with Crippen LogP contribution in [0.5, 0.6) is 0 Å². The van der Waals surface area contributed by atoms with Gasteiger partial charge in [0.1, 0.15) is 5.76 Å². The first kappa shape index (κ1) is 20.8. The van der Waals surface area contributed by atoms with E-state index in [4.69, 9.17) is 4.42 Å². The van der Waals surface area contributed by atoms with Crippen LogP contribution >= 0.6 is 0 Å². The summed E-state index contributed by atoms with van der Waals surface area (Å²) < 4.78 is 33.0. The Morgan fingerprint density at radius 3 is 2.39 bits per heavy atom. The van der Waals surface area contributed by atoms with Crippen molar-refractivity contribution in [2.24, 2.45) is 23.2 Å². The van der Waals surface area contributed by atoms with Crippen molar-refractivity contribution in [3.8, 4) is 0 Å². The maximum Gasteiger partial charge on any atom is 0.251 e. The molecular weight excluding hydrogens is 412 g/mol. The molecular formula is C24H30N2O4S. The number of carbonyl (C=O) groups is 1. The lowest BCUT2D eigenvalue weighted by Crippen LogP contribution is -2.55. The van der Waals surface area contributed by atoms with Gasteiger partial charge in [-0.1, -0.05) is 6.07 Å². The van der Waals surface area contributed by atoms with E-state index < -0.39 is 10.0 Å². The lowest BCUT2D eigenvalue weighted by Gasteiger charge is -2.59. The third-order valence-corrected chi connectivity index (χ3v) is 9.17. The predicted octanol–water partition coefficient (Wildman–Crippen LogP) is 4.09. The smallest absolute Gasteiger partial charge is 0.251 e. The fourth-order valence-electron chi connectivity index (χ4n) is 6.61. The quantitative estimate of drug-likeness (QED) is 0.676. The van der Waals surface area contributed by atoms with Crippen LogP contribution in [0.1, 0.15) is 61.6 Å². The van der Waals surface area contributed by atoms with E-state index in [9.17, 15) is 13.2 Å². The number of nitrogens with one attached hydrogen (secondary N) is 2. The Bertz CT molecular complexity index is 1030. The Morgan fingerprint density at radius 1 is 1.10 bits per heavy atom. The van der Waals surface area contributed by atoms with Crippen molar-refractivity contribution in [2.75, 3.05) is 0 Å². The maximum atomic E-state index is 13.0. The molecule has 0 spiro atoms. The third kappa shape index (κ3) is 4.05. The van der Waals surface area contributed by atoms with Crippen molar-refractivity contribution in [1.29, 1.82) is 0 Å². The SMILES string of the molecule is CC(NC(=O)c1cccc(S(=O)(=O)NCc2ccco2)c1)C12CC3CC(CC(C3)C1)C2. The van der Waals surface area contributed by atoms with Crippen molar-refractivity contribution in [3.63, 3.8) is 0 Å². The van der Waals surface area contributed by atoms with Crippen LogP contribution in [0.2, 0.25) is 0 Å². The second-order valence-electron chi connectivity index (χ2n) is 9.91. The fourth-order valence-corrected chi connectivity index (χ4v) is 7.65. The molecule has 6 nitrogen and oxygen atoms in total. The fraction of sp³-hybridized carbons (Fsp3) is 0.542. The zero-order chi connectivity index (χ0) is 21.6. The Kier molecular flexibility index (Phi) is 5.21. The molecule has 4 fully saturated rings. The molecule has 1 aromatic heterocycles. The molecule has 4 aliphatic carbocycles. The van der Waals surface area contributed by atoms with E-state index >= 15 is 0 Å². The highest BCUT2D eigenvalue weighted by atomic mass is 32.2. The molecule has 0 saturated heterocycles. The molecule has 1 amide bonds. The number of hydrogen-bond acceptors (Lipinski definition) is 4. The van der Waals surface area contributed by atoms with Crippen molar-refractivity contribution in [1.82, 2.24) is 10.0 Å². The molecule has 2 N–H and O–H groups in total. The zero-order valence-corrected chi connectivity index (χ0v) is 18.7. The van der Waals surface area contributed by atoms with Crippen LogP contribution in [0.25, 0.3) is 0 Å². The average molecular weight is 443 g/mol. The Hall–Kier alpha value is -2.12. The highest BCUT2D eigenvalue weighted by Gasteiger charge is 2.53. The summed E-state index contributed by atoms with van der Waals surface area (Å²) in [7, 11) is -3.75. The van der Waals surface area contributed by atoms with Crippen LogP contribution < -0.4 is 10.0 Å². The minimum atomic E-state index is -3.75. The zero-order valence-electron chi connectivity index (χ0n) is 17.8. The minimum Gasteiger partial charge on any atom is -0.468 e. The lowest BCUT2D eigenvalue weighted by molar-refractivity contribution is -0.0688. The first-order chi connectivity index (χ1) is 14.8. The van der Waals surface area contributed by atoms with E-state index in [2.05, 4.69) is 17.0 Å². The van der Waals surface area contributed by atoms with Crippen molar-refractivity contribution in [3.05, 3.63) is 54.0 Å². The van der Waals surface area contributed by atoms with Crippen molar-refractivity contribution < 1.29 is 17.6 Å². The summed E-state index contributed by atoms with van der Waals surface area (Å²) in [6.45, 7) is 2.20. The summed E-state index contributed by atoms with van der Waals surface area (Å²) in [4.78, 5) is 13.1. The molecule has 4 aliphatic rings. The Labute approximate surface area is 183 Å². The van der Waals surface area contributed by atoms with Crippen LogP contribution in [-0.2, 0) is 16.6 Å². The topological polar surface area (TPSA) is 88.4 Å². The van der Waals surface area contributed by atoms with Gasteiger partial charge in [0.05, 0.1) is 17.7 Å². The number of sulfonamides is 1. The number of rotatable bonds is 7. The van der Waals surface area contributed by atoms with Gasteiger partial charge in [0.25, 0.3) is 5.91 Å². The van der Waals surface area contributed by atoms with Gasteiger partial charge in [0, 0.05) is 11.6 Å². The molecule has 1 heterocycles. The van der Waals surface area contributed by atoms with E-state index in [1.807, 2.05) is 0 Å².